The van der Waals surface area contributed by atoms with Gasteiger partial charge in [-0.1, -0.05) is 18.2 Å². The molecule has 1 heterocycles. The number of nitrogens with one attached hydrogen (secondary N) is 1. The Morgan fingerprint density at radius 2 is 2.13 bits per heavy atom. The van der Waals surface area contributed by atoms with Gasteiger partial charge in [-0.15, -0.1) is 5.10 Å². The van der Waals surface area contributed by atoms with Crippen LogP contribution in [-0.4, -0.2) is 32.2 Å². The number of ether oxygens (including phenoxy) is 1. The molecular weight excluding hydrogens is 294 g/mol. The van der Waals surface area contributed by atoms with Gasteiger partial charge in [0.1, 0.15) is 5.75 Å². The molecule has 0 bridgehead atoms. The predicted molar refractivity (Wildman–Crippen MR) is 83.7 cm³/mol. The van der Waals surface area contributed by atoms with E-state index in [0.29, 0.717) is 12.4 Å². The number of aromatic nitrogens is 4. The molecule has 7 heteroatoms. The van der Waals surface area contributed by atoms with Gasteiger partial charge in [-0.05, 0) is 42.2 Å². The SMILES string of the molecule is Cn1nnnc1CNC(=O)Cc1ccccc1OC1CCCC1. The number of hydrogen-bond donors (Lipinski definition) is 1. The molecule has 23 heavy (non-hydrogen) atoms. The average molecular weight is 315 g/mol. The molecule has 0 spiro atoms. The molecule has 122 valence electrons. The number of nitrogens with zero attached hydrogens (tertiary/aromatic N) is 4. The van der Waals surface area contributed by atoms with Crippen molar-refractivity contribution in [3.05, 3.63) is 35.7 Å². The first-order valence-electron chi connectivity index (χ1n) is 7.95. The lowest BCUT2D eigenvalue weighted by Gasteiger charge is -2.16. The fourth-order valence-corrected chi connectivity index (χ4v) is 2.76. The number of amides is 1. The Morgan fingerprint density at radius 1 is 1.35 bits per heavy atom. The summed E-state index contributed by atoms with van der Waals surface area (Å²) >= 11 is 0. The van der Waals surface area contributed by atoms with Crippen LogP contribution in [-0.2, 0) is 24.8 Å². The monoisotopic (exact) mass is 315 g/mol. The molecule has 1 amide bonds. The summed E-state index contributed by atoms with van der Waals surface area (Å²) in [6, 6.07) is 7.74. The molecule has 0 aliphatic heterocycles. The molecule has 2 aromatic rings. The second-order valence-corrected chi connectivity index (χ2v) is 5.80. The zero-order valence-electron chi connectivity index (χ0n) is 13.2. The number of carbonyl (C=O) groups excluding carboxylic acids is 1. The summed E-state index contributed by atoms with van der Waals surface area (Å²) < 4.78 is 7.60. The highest BCUT2D eigenvalue weighted by Gasteiger charge is 2.18. The molecule has 1 aromatic heterocycles. The van der Waals surface area contributed by atoms with Crippen molar-refractivity contribution in [2.45, 2.75) is 44.8 Å². The van der Waals surface area contributed by atoms with E-state index in [-0.39, 0.29) is 18.4 Å². The quantitative estimate of drug-likeness (QED) is 0.871. The van der Waals surface area contributed by atoms with Crippen LogP contribution in [0.4, 0.5) is 0 Å². The maximum atomic E-state index is 12.2. The van der Waals surface area contributed by atoms with Crippen LogP contribution in [0.2, 0.25) is 0 Å². The van der Waals surface area contributed by atoms with E-state index in [1.807, 2.05) is 24.3 Å². The lowest BCUT2D eigenvalue weighted by Crippen LogP contribution is -2.26. The third-order valence-corrected chi connectivity index (χ3v) is 4.07. The number of rotatable bonds is 6. The summed E-state index contributed by atoms with van der Waals surface area (Å²) in [6.07, 6.45) is 5.20. The molecule has 1 aliphatic carbocycles. The van der Waals surface area contributed by atoms with Crippen LogP contribution in [0.5, 0.6) is 5.75 Å². The molecule has 1 saturated carbocycles. The Morgan fingerprint density at radius 3 is 2.87 bits per heavy atom. The molecule has 3 rings (SSSR count). The summed E-state index contributed by atoms with van der Waals surface area (Å²) in [6.45, 7) is 0.313. The van der Waals surface area contributed by atoms with Crippen molar-refractivity contribution in [1.29, 1.82) is 0 Å². The van der Waals surface area contributed by atoms with E-state index in [2.05, 4.69) is 20.8 Å². The van der Waals surface area contributed by atoms with Crippen molar-refractivity contribution < 1.29 is 9.53 Å². The van der Waals surface area contributed by atoms with E-state index < -0.39 is 0 Å². The second kappa shape index (κ2) is 7.21. The zero-order chi connectivity index (χ0) is 16.1. The normalized spacial score (nSPS) is 14.8. The average Bonchev–Trinajstić information content (AvgIpc) is 3.19. The minimum Gasteiger partial charge on any atom is -0.490 e. The van der Waals surface area contributed by atoms with Crippen LogP contribution >= 0.6 is 0 Å². The fourth-order valence-electron chi connectivity index (χ4n) is 2.76. The van der Waals surface area contributed by atoms with E-state index in [0.717, 1.165) is 24.2 Å². The number of carbonyl (C=O) groups is 1. The van der Waals surface area contributed by atoms with Crippen molar-refractivity contribution in [1.82, 2.24) is 25.5 Å². The minimum atomic E-state index is -0.0736. The highest BCUT2D eigenvalue weighted by atomic mass is 16.5. The van der Waals surface area contributed by atoms with E-state index in [4.69, 9.17) is 4.74 Å². The molecule has 0 unspecified atom stereocenters. The summed E-state index contributed by atoms with van der Waals surface area (Å²) in [5.74, 6) is 1.36. The smallest absolute Gasteiger partial charge is 0.224 e. The molecule has 1 aromatic carbocycles. The van der Waals surface area contributed by atoms with Crippen molar-refractivity contribution in [2.75, 3.05) is 0 Å². The maximum absolute atomic E-state index is 12.2. The van der Waals surface area contributed by atoms with Gasteiger partial charge in [0.15, 0.2) is 5.82 Å². The highest BCUT2D eigenvalue weighted by Crippen LogP contribution is 2.26. The first kappa shape index (κ1) is 15.5. The molecule has 7 nitrogen and oxygen atoms in total. The van der Waals surface area contributed by atoms with Gasteiger partial charge in [-0.2, -0.15) is 0 Å². The largest absolute Gasteiger partial charge is 0.490 e. The molecule has 1 fully saturated rings. The number of para-hydroxylation sites is 1. The molecule has 0 radical (unpaired) electrons. The maximum Gasteiger partial charge on any atom is 0.224 e. The summed E-state index contributed by atoms with van der Waals surface area (Å²) in [5, 5.41) is 14.0. The van der Waals surface area contributed by atoms with Crippen molar-refractivity contribution in [3.8, 4) is 5.75 Å². The van der Waals surface area contributed by atoms with E-state index in [1.165, 1.54) is 17.5 Å². The minimum absolute atomic E-state index is 0.0736. The first-order chi connectivity index (χ1) is 11.2. The molecule has 0 atom stereocenters. The van der Waals surface area contributed by atoms with Gasteiger partial charge in [-0.25, -0.2) is 4.68 Å². The van der Waals surface area contributed by atoms with E-state index in [9.17, 15) is 4.79 Å². The fraction of sp³-hybridized carbons (Fsp3) is 0.500. The Kier molecular flexibility index (Phi) is 4.85. The predicted octanol–water partition coefficient (Wildman–Crippen LogP) is 1.39. The highest BCUT2D eigenvalue weighted by molar-refractivity contribution is 5.79. The van der Waals surface area contributed by atoms with Gasteiger partial charge < -0.3 is 10.1 Å². The van der Waals surface area contributed by atoms with Gasteiger partial charge in [-0.3, -0.25) is 4.79 Å². The topological polar surface area (TPSA) is 81.9 Å². The third kappa shape index (κ3) is 4.06. The summed E-state index contributed by atoms with van der Waals surface area (Å²) in [4.78, 5) is 12.2. The van der Waals surface area contributed by atoms with Gasteiger partial charge in [0.05, 0.1) is 19.1 Å². The van der Waals surface area contributed by atoms with Gasteiger partial charge in [0, 0.05) is 12.6 Å². The van der Waals surface area contributed by atoms with Crippen LogP contribution in [0.3, 0.4) is 0 Å². The van der Waals surface area contributed by atoms with E-state index in [1.54, 1.807) is 7.05 Å². The molecule has 1 N–H and O–H groups in total. The Bertz CT molecular complexity index is 664. The Labute approximate surface area is 135 Å². The lowest BCUT2D eigenvalue weighted by molar-refractivity contribution is -0.120. The van der Waals surface area contributed by atoms with Gasteiger partial charge in [0.2, 0.25) is 5.91 Å². The van der Waals surface area contributed by atoms with Crippen LogP contribution in [0.15, 0.2) is 24.3 Å². The molecule has 1 aliphatic rings. The Balaban J connectivity index is 1.58. The first-order valence-corrected chi connectivity index (χ1v) is 7.95. The zero-order valence-corrected chi connectivity index (χ0v) is 13.2. The number of tetrazole rings is 1. The standard InChI is InChI=1S/C16H21N5O2/c1-21-15(18-19-20-21)11-17-16(22)10-12-6-2-5-9-14(12)23-13-7-3-4-8-13/h2,5-6,9,13H,3-4,7-8,10-11H2,1H3,(H,17,22). The molecular formula is C16H21N5O2. The Hall–Kier alpha value is -2.44. The number of benzene rings is 1. The number of aryl methyl sites for hydroxylation is 1. The van der Waals surface area contributed by atoms with E-state index >= 15 is 0 Å². The van der Waals surface area contributed by atoms with Crippen LogP contribution < -0.4 is 10.1 Å². The number of hydrogen-bond acceptors (Lipinski definition) is 5. The summed E-state index contributed by atoms with van der Waals surface area (Å²) in [5.41, 5.74) is 0.910. The summed E-state index contributed by atoms with van der Waals surface area (Å²) in [7, 11) is 1.74. The van der Waals surface area contributed by atoms with Crippen molar-refractivity contribution >= 4 is 5.91 Å². The lowest BCUT2D eigenvalue weighted by atomic mass is 10.1. The van der Waals surface area contributed by atoms with Gasteiger partial charge in [0.25, 0.3) is 0 Å². The van der Waals surface area contributed by atoms with Crippen LogP contribution in [0.25, 0.3) is 0 Å². The molecule has 0 saturated heterocycles. The van der Waals surface area contributed by atoms with Crippen molar-refractivity contribution in [3.63, 3.8) is 0 Å². The van der Waals surface area contributed by atoms with Crippen LogP contribution in [0.1, 0.15) is 37.1 Å². The second-order valence-electron chi connectivity index (χ2n) is 5.80. The van der Waals surface area contributed by atoms with Crippen molar-refractivity contribution in [2.24, 2.45) is 7.05 Å². The van der Waals surface area contributed by atoms with Crippen LogP contribution in [0, 0.1) is 0 Å². The van der Waals surface area contributed by atoms with Gasteiger partial charge >= 0.3 is 0 Å². The third-order valence-electron chi connectivity index (χ3n) is 4.07.